The standard InChI is InChI=1S/C26H38O5/c1-16(27)30-14-11-24(29)23-8-7-21-20-6-5-18-15-19(31-17(2)28)9-12-25(18,3)22(20)10-13-26(21,23)4/h5,8,19-22,24,29H,6-7,9-15H2,1-4H3/t19-,20+,21+,22+,24+,25-,26-/m0/s1. The maximum absolute atomic E-state index is 11.4. The number of fused-ring (bicyclic) bond motifs is 5. The largest absolute Gasteiger partial charge is 0.466 e. The number of carbonyl (C=O) groups excluding carboxylic acids is 2. The van der Waals surface area contributed by atoms with Crippen molar-refractivity contribution in [3.05, 3.63) is 23.3 Å². The number of rotatable bonds is 5. The summed E-state index contributed by atoms with van der Waals surface area (Å²) >= 11 is 0. The molecule has 172 valence electrons. The van der Waals surface area contributed by atoms with Crippen LogP contribution in [0.1, 0.15) is 79.1 Å². The van der Waals surface area contributed by atoms with E-state index in [2.05, 4.69) is 26.0 Å². The first-order valence-electron chi connectivity index (χ1n) is 12.0. The monoisotopic (exact) mass is 430 g/mol. The summed E-state index contributed by atoms with van der Waals surface area (Å²) < 4.78 is 10.6. The SMILES string of the molecule is CC(=O)OCC[C@@H](O)C1=CC[C@@H]2[C@H]3CC=C4C[C@@H](OC(C)=O)CC[C@]4(C)[C@@H]3CC[C@]12C. The lowest BCUT2D eigenvalue weighted by Crippen LogP contribution is -2.50. The number of ether oxygens (including phenoxy) is 2. The molecule has 7 atom stereocenters. The lowest BCUT2D eigenvalue weighted by molar-refractivity contribution is -0.148. The fraction of sp³-hybridized carbons (Fsp3) is 0.769. The molecule has 0 spiro atoms. The summed E-state index contributed by atoms with van der Waals surface area (Å²) in [6.07, 6.45) is 12.1. The molecule has 0 aromatic carbocycles. The van der Waals surface area contributed by atoms with E-state index in [9.17, 15) is 14.7 Å². The minimum atomic E-state index is -0.532. The molecule has 0 bridgehead atoms. The van der Waals surface area contributed by atoms with E-state index in [-0.39, 0.29) is 35.5 Å². The van der Waals surface area contributed by atoms with Crippen LogP contribution in [0.5, 0.6) is 0 Å². The van der Waals surface area contributed by atoms with Crippen LogP contribution in [0.15, 0.2) is 23.3 Å². The maximum Gasteiger partial charge on any atom is 0.302 e. The summed E-state index contributed by atoms with van der Waals surface area (Å²) in [5, 5.41) is 10.9. The number of aliphatic hydroxyl groups is 1. The van der Waals surface area contributed by atoms with Crippen LogP contribution in [0.3, 0.4) is 0 Å². The van der Waals surface area contributed by atoms with Crippen molar-refractivity contribution in [1.29, 1.82) is 0 Å². The molecule has 1 N–H and O–H groups in total. The Bertz CT molecular complexity index is 798. The van der Waals surface area contributed by atoms with Gasteiger partial charge in [0.1, 0.15) is 6.10 Å². The molecular weight excluding hydrogens is 392 g/mol. The summed E-state index contributed by atoms with van der Waals surface area (Å²) in [7, 11) is 0. The van der Waals surface area contributed by atoms with Crippen LogP contribution in [-0.2, 0) is 19.1 Å². The van der Waals surface area contributed by atoms with E-state index in [1.807, 2.05) is 0 Å². The Labute approximate surface area is 186 Å². The fourth-order valence-corrected chi connectivity index (χ4v) is 7.55. The Morgan fingerprint density at radius 1 is 1.06 bits per heavy atom. The lowest BCUT2D eigenvalue weighted by atomic mass is 9.47. The third kappa shape index (κ3) is 3.99. The van der Waals surface area contributed by atoms with Crippen molar-refractivity contribution >= 4 is 11.9 Å². The van der Waals surface area contributed by atoms with Crippen LogP contribution in [0.2, 0.25) is 0 Å². The van der Waals surface area contributed by atoms with E-state index in [4.69, 9.17) is 9.47 Å². The van der Waals surface area contributed by atoms with Gasteiger partial charge in [-0.05, 0) is 72.7 Å². The molecule has 0 heterocycles. The van der Waals surface area contributed by atoms with E-state index in [1.54, 1.807) is 0 Å². The van der Waals surface area contributed by atoms with Gasteiger partial charge in [-0.1, -0.05) is 31.6 Å². The molecular formula is C26H38O5. The molecule has 4 rings (SSSR count). The average molecular weight is 431 g/mol. The Hall–Kier alpha value is -1.62. The summed E-state index contributed by atoms with van der Waals surface area (Å²) in [5.41, 5.74) is 2.91. The van der Waals surface area contributed by atoms with Crippen molar-refractivity contribution in [2.24, 2.45) is 28.6 Å². The highest BCUT2D eigenvalue weighted by Crippen LogP contribution is 2.65. The van der Waals surface area contributed by atoms with Gasteiger partial charge in [0.2, 0.25) is 0 Å². The number of allylic oxidation sites excluding steroid dienone is 2. The number of hydrogen-bond acceptors (Lipinski definition) is 5. The Balaban J connectivity index is 1.48. The number of aliphatic hydroxyl groups excluding tert-OH is 1. The van der Waals surface area contributed by atoms with Crippen LogP contribution in [0.25, 0.3) is 0 Å². The first-order chi connectivity index (χ1) is 14.6. The second kappa shape index (κ2) is 8.38. The predicted molar refractivity (Wildman–Crippen MR) is 118 cm³/mol. The molecule has 0 amide bonds. The molecule has 0 aliphatic heterocycles. The van der Waals surface area contributed by atoms with Crippen molar-refractivity contribution in [2.75, 3.05) is 6.61 Å². The van der Waals surface area contributed by atoms with Crippen molar-refractivity contribution in [1.82, 2.24) is 0 Å². The average Bonchev–Trinajstić information content (AvgIpc) is 3.05. The summed E-state index contributed by atoms with van der Waals surface area (Å²) in [5.74, 6) is 1.39. The van der Waals surface area contributed by atoms with Crippen LogP contribution < -0.4 is 0 Å². The van der Waals surface area contributed by atoms with Gasteiger partial charge in [0.25, 0.3) is 0 Å². The van der Waals surface area contributed by atoms with Crippen molar-refractivity contribution in [3.63, 3.8) is 0 Å². The molecule has 0 saturated heterocycles. The quantitative estimate of drug-likeness (QED) is 0.504. The van der Waals surface area contributed by atoms with Gasteiger partial charge in [0, 0.05) is 26.7 Å². The molecule has 4 aliphatic carbocycles. The lowest BCUT2D eigenvalue weighted by Gasteiger charge is -2.58. The van der Waals surface area contributed by atoms with Gasteiger partial charge in [-0.25, -0.2) is 0 Å². The van der Waals surface area contributed by atoms with Crippen LogP contribution in [-0.4, -0.2) is 35.9 Å². The molecule has 2 saturated carbocycles. The van der Waals surface area contributed by atoms with Gasteiger partial charge >= 0.3 is 11.9 Å². The molecule has 0 radical (unpaired) electrons. The topological polar surface area (TPSA) is 72.8 Å². The van der Waals surface area contributed by atoms with Crippen molar-refractivity contribution < 1.29 is 24.2 Å². The van der Waals surface area contributed by atoms with E-state index in [0.29, 0.717) is 24.2 Å². The number of carbonyl (C=O) groups is 2. The Kier molecular flexibility index (Phi) is 6.10. The zero-order valence-corrected chi connectivity index (χ0v) is 19.5. The van der Waals surface area contributed by atoms with Gasteiger partial charge in [-0.3, -0.25) is 9.59 Å². The predicted octanol–water partition coefficient (Wildman–Crippen LogP) is 4.73. The van der Waals surface area contributed by atoms with Crippen LogP contribution >= 0.6 is 0 Å². The van der Waals surface area contributed by atoms with Crippen LogP contribution in [0, 0.1) is 28.6 Å². The van der Waals surface area contributed by atoms with Crippen molar-refractivity contribution in [2.45, 2.75) is 91.3 Å². The van der Waals surface area contributed by atoms with Gasteiger partial charge in [-0.2, -0.15) is 0 Å². The highest BCUT2D eigenvalue weighted by molar-refractivity contribution is 5.66. The first kappa shape index (κ1) is 22.6. The van der Waals surface area contributed by atoms with E-state index in [0.717, 1.165) is 38.5 Å². The maximum atomic E-state index is 11.4. The molecule has 4 aliphatic rings. The summed E-state index contributed by atoms with van der Waals surface area (Å²) in [4.78, 5) is 22.5. The van der Waals surface area contributed by atoms with Gasteiger partial charge in [0.15, 0.2) is 0 Å². The van der Waals surface area contributed by atoms with E-state index in [1.165, 1.54) is 31.4 Å². The first-order valence-corrected chi connectivity index (χ1v) is 12.0. The zero-order valence-electron chi connectivity index (χ0n) is 19.5. The molecule has 5 nitrogen and oxygen atoms in total. The fourth-order valence-electron chi connectivity index (χ4n) is 7.55. The molecule has 2 fully saturated rings. The van der Waals surface area contributed by atoms with Gasteiger partial charge in [0.05, 0.1) is 12.7 Å². The van der Waals surface area contributed by atoms with Crippen molar-refractivity contribution in [3.8, 4) is 0 Å². The van der Waals surface area contributed by atoms with E-state index >= 15 is 0 Å². The normalized spacial score (nSPS) is 39.9. The van der Waals surface area contributed by atoms with Gasteiger partial charge < -0.3 is 14.6 Å². The number of esters is 2. The Morgan fingerprint density at radius 2 is 1.81 bits per heavy atom. The second-order valence-electron chi connectivity index (χ2n) is 10.7. The Morgan fingerprint density at radius 3 is 2.52 bits per heavy atom. The minimum Gasteiger partial charge on any atom is -0.466 e. The third-order valence-electron chi connectivity index (χ3n) is 9.09. The molecule has 0 aromatic rings. The van der Waals surface area contributed by atoms with Crippen LogP contribution in [0.4, 0.5) is 0 Å². The summed E-state index contributed by atoms with van der Waals surface area (Å²) in [6, 6.07) is 0. The number of hydrogen-bond donors (Lipinski definition) is 1. The van der Waals surface area contributed by atoms with Gasteiger partial charge in [-0.15, -0.1) is 0 Å². The second-order valence-corrected chi connectivity index (χ2v) is 10.7. The molecule has 5 heteroatoms. The zero-order chi connectivity index (χ0) is 22.4. The molecule has 31 heavy (non-hydrogen) atoms. The van der Waals surface area contributed by atoms with E-state index < -0.39 is 6.10 Å². The molecule has 0 aromatic heterocycles. The highest BCUT2D eigenvalue weighted by atomic mass is 16.5. The highest BCUT2D eigenvalue weighted by Gasteiger charge is 2.57. The molecule has 0 unspecified atom stereocenters. The smallest absolute Gasteiger partial charge is 0.302 e. The summed E-state index contributed by atoms with van der Waals surface area (Å²) in [6.45, 7) is 7.98. The third-order valence-corrected chi connectivity index (χ3v) is 9.09. The minimum absolute atomic E-state index is 0.0352.